The van der Waals surface area contributed by atoms with Crippen molar-refractivity contribution in [2.45, 2.75) is 38.5 Å². The predicted octanol–water partition coefficient (Wildman–Crippen LogP) is 13.0. The van der Waals surface area contributed by atoms with Crippen LogP contribution in [0.15, 0.2) is 133 Å². The van der Waals surface area contributed by atoms with Crippen molar-refractivity contribution in [2.24, 2.45) is 0 Å². The van der Waals surface area contributed by atoms with Crippen LogP contribution < -0.4 is 0 Å². The summed E-state index contributed by atoms with van der Waals surface area (Å²) in [5.74, 6) is 0. The first kappa shape index (κ1) is 31.1. The zero-order valence-corrected chi connectivity index (χ0v) is 31.7. The van der Waals surface area contributed by atoms with Crippen molar-refractivity contribution >= 4 is 66.4 Å². The fourth-order valence-corrected chi connectivity index (χ4v) is 10.6. The third-order valence-electron chi connectivity index (χ3n) is 12.7. The zero-order valence-electron chi connectivity index (χ0n) is 30.9. The van der Waals surface area contributed by atoms with Gasteiger partial charge in [-0.15, -0.1) is 0 Å². The second kappa shape index (κ2) is 10.7. The quantitative estimate of drug-likeness (QED) is 0.132. The van der Waals surface area contributed by atoms with Crippen molar-refractivity contribution in [3.63, 3.8) is 0 Å². The lowest BCUT2D eigenvalue weighted by atomic mass is 9.81. The SMILES string of the molecule is CC1(C)c2ccccc2-c2ccc(-c3c4nsnc4c(-c4ccc5c(c4)C(C)(C)c4ccccc4-5)c4nc5c6ccccc6c6ccccc6c5nc34)cc21. The molecule has 2 aromatic heterocycles. The van der Waals surface area contributed by atoms with E-state index in [-0.39, 0.29) is 10.8 Å². The van der Waals surface area contributed by atoms with E-state index in [1.807, 2.05) is 0 Å². The molecular weight excluding hydrogens is 689 g/mol. The van der Waals surface area contributed by atoms with Crippen LogP contribution in [0.4, 0.5) is 0 Å². The molecule has 0 amide bonds. The van der Waals surface area contributed by atoms with E-state index in [4.69, 9.17) is 18.7 Å². The lowest BCUT2D eigenvalue weighted by Gasteiger charge is -2.23. The van der Waals surface area contributed by atoms with Crippen molar-refractivity contribution in [2.75, 3.05) is 0 Å². The summed E-state index contributed by atoms with van der Waals surface area (Å²) in [6, 6.07) is 48.7. The van der Waals surface area contributed by atoms with Gasteiger partial charge in [-0.2, -0.15) is 8.75 Å². The van der Waals surface area contributed by atoms with E-state index in [0.29, 0.717) is 0 Å². The number of hydrogen-bond donors (Lipinski definition) is 0. The summed E-state index contributed by atoms with van der Waals surface area (Å²) in [6.45, 7) is 9.34. The number of benzene rings is 8. The van der Waals surface area contributed by atoms with Gasteiger partial charge in [-0.25, -0.2) is 9.97 Å². The minimum absolute atomic E-state index is 0.153. The number of rotatable bonds is 2. The number of aromatic nitrogens is 4. The first-order valence-corrected chi connectivity index (χ1v) is 19.7. The molecule has 0 aliphatic heterocycles. The molecule has 0 radical (unpaired) electrons. The van der Waals surface area contributed by atoms with Crippen LogP contribution in [-0.4, -0.2) is 18.7 Å². The first-order chi connectivity index (χ1) is 26.8. The van der Waals surface area contributed by atoms with Gasteiger partial charge in [0.15, 0.2) is 0 Å². The van der Waals surface area contributed by atoms with E-state index >= 15 is 0 Å². The molecule has 55 heavy (non-hydrogen) atoms. The van der Waals surface area contributed by atoms with Gasteiger partial charge in [0.05, 0.1) is 22.8 Å². The Labute approximate surface area is 322 Å². The summed E-state index contributed by atoms with van der Waals surface area (Å²) in [7, 11) is 0. The van der Waals surface area contributed by atoms with Crippen LogP contribution in [0, 0.1) is 0 Å². The number of fused-ring (bicyclic) bond motifs is 14. The number of hydrogen-bond acceptors (Lipinski definition) is 5. The normalized spacial score (nSPS) is 14.8. The Hall–Kier alpha value is -6.30. The second-order valence-electron chi connectivity index (χ2n) is 16.3. The lowest BCUT2D eigenvalue weighted by molar-refractivity contribution is 0.660. The van der Waals surface area contributed by atoms with Gasteiger partial charge in [0.1, 0.15) is 22.1 Å². The minimum Gasteiger partial charge on any atom is -0.243 e. The molecule has 8 aromatic carbocycles. The minimum atomic E-state index is -0.153. The molecule has 0 saturated heterocycles. The van der Waals surface area contributed by atoms with Crippen molar-refractivity contribution in [1.29, 1.82) is 0 Å². The van der Waals surface area contributed by atoms with Gasteiger partial charge in [-0.3, -0.25) is 0 Å². The fraction of sp³-hybridized carbons (Fsp3) is 0.120. The van der Waals surface area contributed by atoms with Crippen LogP contribution in [0.5, 0.6) is 0 Å². The Bertz CT molecular complexity index is 3110. The summed E-state index contributed by atoms with van der Waals surface area (Å²) in [5.41, 5.74) is 19.6. The third kappa shape index (κ3) is 4.01. The molecule has 2 aliphatic rings. The third-order valence-corrected chi connectivity index (χ3v) is 13.3. The van der Waals surface area contributed by atoms with E-state index in [9.17, 15) is 0 Å². The highest BCUT2D eigenvalue weighted by Crippen LogP contribution is 2.53. The van der Waals surface area contributed by atoms with Gasteiger partial charge < -0.3 is 0 Å². The fourth-order valence-electron chi connectivity index (χ4n) is 10.0. The van der Waals surface area contributed by atoms with Gasteiger partial charge >= 0.3 is 0 Å². The molecule has 2 heterocycles. The molecule has 5 heteroatoms. The maximum atomic E-state index is 5.73. The Kier molecular flexibility index (Phi) is 6.04. The average Bonchev–Trinajstić information content (AvgIpc) is 3.86. The Balaban J connectivity index is 1.22. The van der Waals surface area contributed by atoms with E-state index in [0.717, 1.165) is 66.1 Å². The molecule has 0 unspecified atom stereocenters. The van der Waals surface area contributed by atoms with Crippen LogP contribution in [-0.2, 0) is 10.8 Å². The number of nitrogens with zero attached hydrogens (tertiary/aromatic N) is 4. The van der Waals surface area contributed by atoms with Gasteiger partial charge in [-0.1, -0.05) is 149 Å². The molecule has 10 aromatic rings. The second-order valence-corrected chi connectivity index (χ2v) is 16.8. The lowest BCUT2D eigenvalue weighted by Crippen LogP contribution is -2.15. The standard InChI is InChI=1S/C50H34N4S/c1-49(2)37-19-11-9-15-31(37)33-23-21-27(25-39(33)49)41-45-46(52-44-36-18-8-6-14-30(36)29-13-5-7-17-35(29)43(44)51-45)42(48-47(41)53-55-54-48)28-22-24-34-32-16-10-12-20-38(32)50(3,4)40(34)26-28/h5-26H,1-4H3. The van der Waals surface area contributed by atoms with Crippen LogP contribution in [0.3, 0.4) is 0 Å². The maximum absolute atomic E-state index is 5.73. The first-order valence-electron chi connectivity index (χ1n) is 19.0. The molecule has 0 N–H and O–H groups in total. The highest BCUT2D eigenvalue weighted by molar-refractivity contribution is 7.00. The van der Waals surface area contributed by atoms with E-state index in [1.54, 1.807) is 0 Å². The summed E-state index contributed by atoms with van der Waals surface area (Å²) in [5, 5.41) is 4.54. The molecule has 0 fully saturated rings. The van der Waals surface area contributed by atoms with Gasteiger partial charge in [0, 0.05) is 32.7 Å². The van der Waals surface area contributed by atoms with E-state index < -0.39 is 0 Å². The molecule has 2 aliphatic carbocycles. The smallest absolute Gasteiger partial charge is 0.115 e. The highest BCUT2D eigenvalue weighted by Gasteiger charge is 2.37. The van der Waals surface area contributed by atoms with E-state index in [1.165, 1.54) is 67.0 Å². The maximum Gasteiger partial charge on any atom is 0.115 e. The average molecular weight is 723 g/mol. The molecule has 12 rings (SSSR count). The van der Waals surface area contributed by atoms with Crippen molar-refractivity contribution in [1.82, 2.24) is 18.7 Å². The summed E-state index contributed by atoms with van der Waals surface area (Å²) in [4.78, 5) is 11.5. The van der Waals surface area contributed by atoms with Crippen LogP contribution in [0.1, 0.15) is 49.9 Å². The van der Waals surface area contributed by atoms with E-state index in [2.05, 4.69) is 161 Å². The van der Waals surface area contributed by atoms with Crippen LogP contribution >= 0.6 is 11.7 Å². The topological polar surface area (TPSA) is 51.6 Å². The monoisotopic (exact) mass is 722 g/mol. The van der Waals surface area contributed by atoms with Gasteiger partial charge in [0.2, 0.25) is 0 Å². The van der Waals surface area contributed by atoms with Crippen LogP contribution in [0.2, 0.25) is 0 Å². The molecule has 0 saturated carbocycles. The molecule has 0 atom stereocenters. The summed E-state index contributed by atoms with van der Waals surface area (Å²) in [6.07, 6.45) is 0. The van der Waals surface area contributed by atoms with Crippen LogP contribution in [0.25, 0.3) is 99.2 Å². The zero-order chi connectivity index (χ0) is 36.8. The summed E-state index contributed by atoms with van der Waals surface area (Å²) >= 11 is 1.27. The van der Waals surface area contributed by atoms with Crippen molar-refractivity contribution in [3.05, 3.63) is 156 Å². The molecule has 4 nitrogen and oxygen atoms in total. The largest absolute Gasteiger partial charge is 0.243 e. The molecular formula is C50H34N4S. The van der Waals surface area contributed by atoms with Crippen molar-refractivity contribution < 1.29 is 0 Å². The Morgan fingerprint density at radius 3 is 1.20 bits per heavy atom. The highest BCUT2D eigenvalue weighted by atomic mass is 32.1. The van der Waals surface area contributed by atoms with Crippen molar-refractivity contribution in [3.8, 4) is 44.5 Å². The molecule has 260 valence electrons. The molecule has 0 bridgehead atoms. The van der Waals surface area contributed by atoms with Gasteiger partial charge in [0.25, 0.3) is 0 Å². The predicted molar refractivity (Wildman–Crippen MR) is 229 cm³/mol. The Morgan fingerprint density at radius 1 is 0.364 bits per heavy atom. The summed E-state index contributed by atoms with van der Waals surface area (Å²) < 4.78 is 10.2. The Morgan fingerprint density at radius 2 is 0.745 bits per heavy atom. The van der Waals surface area contributed by atoms with Gasteiger partial charge in [-0.05, 0) is 78.5 Å². The molecule has 0 spiro atoms.